The van der Waals surface area contributed by atoms with Crippen LogP contribution in [-0.2, 0) is 7.05 Å². The van der Waals surface area contributed by atoms with Gasteiger partial charge in [-0.1, -0.05) is 0 Å². The van der Waals surface area contributed by atoms with Crippen molar-refractivity contribution in [3.05, 3.63) is 24.5 Å². The fraction of sp³-hybridized carbons (Fsp3) is 0.167. The summed E-state index contributed by atoms with van der Waals surface area (Å²) in [5.41, 5.74) is 0. The summed E-state index contributed by atoms with van der Waals surface area (Å²) in [7, 11) is 1.90. The number of hydrogen-bond donors (Lipinski definition) is 1. The molecule has 0 fully saturated rings. The van der Waals surface area contributed by atoms with Crippen molar-refractivity contribution in [3.63, 3.8) is 0 Å². The molecule has 0 aromatic carbocycles. The zero-order chi connectivity index (χ0) is 5.98. The highest BCUT2D eigenvalue weighted by atomic mass is 127. The maximum atomic E-state index is 8.74. The summed E-state index contributed by atoms with van der Waals surface area (Å²) >= 11 is 0. The van der Waals surface area contributed by atoms with Gasteiger partial charge in [0.05, 0.1) is 0 Å². The Hall–Kier alpha value is -0.320. The number of aromatic hydroxyl groups is 1. The molecule has 2 nitrogen and oxygen atoms in total. The summed E-state index contributed by atoms with van der Waals surface area (Å²) in [5.74, 6) is 0.308. The first kappa shape index (κ1) is 8.68. The Morgan fingerprint density at radius 3 is 2.11 bits per heavy atom. The van der Waals surface area contributed by atoms with Crippen molar-refractivity contribution in [1.29, 1.82) is 0 Å². The molecule has 0 aliphatic rings. The number of hydrogen-bond acceptors (Lipinski definition) is 1. The second kappa shape index (κ2) is 3.66. The van der Waals surface area contributed by atoms with Crippen molar-refractivity contribution < 1.29 is 33.7 Å². The molecule has 0 unspecified atom stereocenters. The lowest BCUT2D eigenvalue weighted by Crippen LogP contribution is -3.00. The third kappa shape index (κ3) is 2.64. The van der Waals surface area contributed by atoms with E-state index in [9.17, 15) is 0 Å². The van der Waals surface area contributed by atoms with Crippen molar-refractivity contribution in [2.45, 2.75) is 0 Å². The number of pyridine rings is 1. The van der Waals surface area contributed by atoms with Crippen LogP contribution in [0.2, 0.25) is 0 Å². The molecule has 1 aromatic rings. The first-order chi connectivity index (χ1) is 3.79. The van der Waals surface area contributed by atoms with Crippen LogP contribution in [-0.4, -0.2) is 5.11 Å². The Labute approximate surface area is 71.2 Å². The molecule has 9 heavy (non-hydrogen) atoms. The zero-order valence-corrected chi connectivity index (χ0v) is 7.24. The summed E-state index contributed by atoms with van der Waals surface area (Å²) in [6.45, 7) is 0. The van der Waals surface area contributed by atoms with Crippen LogP contribution >= 0.6 is 0 Å². The largest absolute Gasteiger partial charge is 1.00 e. The highest BCUT2D eigenvalue weighted by molar-refractivity contribution is 5.11. The van der Waals surface area contributed by atoms with Crippen molar-refractivity contribution in [1.82, 2.24) is 0 Å². The molecule has 1 rings (SSSR count). The van der Waals surface area contributed by atoms with Crippen LogP contribution in [0.15, 0.2) is 24.5 Å². The normalized spacial score (nSPS) is 8.11. The van der Waals surface area contributed by atoms with Crippen LogP contribution < -0.4 is 28.5 Å². The first-order valence-electron chi connectivity index (χ1n) is 2.43. The van der Waals surface area contributed by atoms with E-state index < -0.39 is 0 Å². The number of aryl methyl sites for hydroxylation is 1. The predicted octanol–water partition coefficient (Wildman–Crippen LogP) is -2.78. The maximum absolute atomic E-state index is 8.74. The van der Waals surface area contributed by atoms with Gasteiger partial charge in [0.2, 0.25) is 0 Å². The van der Waals surface area contributed by atoms with E-state index in [2.05, 4.69) is 0 Å². The molecule has 0 amide bonds. The minimum Gasteiger partial charge on any atom is -1.00 e. The van der Waals surface area contributed by atoms with Gasteiger partial charge in [0, 0.05) is 12.1 Å². The minimum absolute atomic E-state index is 0. The van der Waals surface area contributed by atoms with Gasteiger partial charge in [0.25, 0.3) is 0 Å². The van der Waals surface area contributed by atoms with Gasteiger partial charge < -0.3 is 29.1 Å². The third-order valence-corrected chi connectivity index (χ3v) is 0.961. The van der Waals surface area contributed by atoms with Crippen molar-refractivity contribution in [2.24, 2.45) is 7.05 Å². The minimum atomic E-state index is 0. The van der Waals surface area contributed by atoms with Crippen LogP contribution in [0.25, 0.3) is 0 Å². The molecular weight excluding hydrogens is 229 g/mol. The molecule has 0 spiro atoms. The predicted molar refractivity (Wildman–Crippen MR) is 29.3 cm³/mol. The van der Waals surface area contributed by atoms with Gasteiger partial charge in [0.15, 0.2) is 12.4 Å². The Bertz CT molecular complexity index is 152. The topological polar surface area (TPSA) is 24.1 Å². The van der Waals surface area contributed by atoms with E-state index in [0.29, 0.717) is 5.75 Å². The Morgan fingerprint density at radius 2 is 1.78 bits per heavy atom. The second-order valence-corrected chi connectivity index (χ2v) is 1.72. The summed E-state index contributed by atoms with van der Waals surface area (Å²) < 4.78 is 1.86. The highest BCUT2D eigenvalue weighted by Gasteiger charge is 1.88. The lowest BCUT2D eigenvalue weighted by molar-refractivity contribution is -0.671. The quantitative estimate of drug-likeness (QED) is 0.383. The summed E-state index contributed by atoms with van der Waals surface area (Å²) in [5, 5.41) is 8.74. The maximum Gasteiger partial charge on any atom is 0.172 e. The number of rotatable bonds is 0. The average molecular weight is 237 g/mol. The zero-order valence-electron chi connectivity index (χ0n) is 5.08. The van der Waals surface area contributed by atoms with E-state index >= 15 is 0 Å². The fourth-order valence-electron chi connectivity index (χ4n) is 0.493. The Morgan fingerprint density at radius 1 is 1.33 bits per heavy atom. The van der Waals surface area contributed by atoms with E-state index in [-0.39, 0.29) is 24.0 Å². The van der Waals surface area contributed by atoms with Gasteiger partial charge in [-0.15, -0.1) is 0 Å². The van der Waals surface area contributed by atoms with Crippen molar-refractivity contribution in [2.75, 3.05) is 0 Å². The van der Waals surface area contributed by atoms with Crippen LogP contribution in [0.1, 0.15) is 0 Å². The average Bonchev–Trinajstić information content (AvgIpc) is 1.77. The molecule has 0 aliphatic heterocycles. The molecule has 0 saturated carbocycles. The number of halogens is 1. The van der Waals surface area contributed by atoms with Crippen LogP contribution in [0.4, 0.5) is 0 Å². The van der Waals surface area contributed by atoms with E-state index in [1.807, 2.05) is 11.6 Å². The summed E-state index contributed by atoms with van der Waals surface area (Å²) in [6.07, 6.45) is 3.57. The first-order valence-corrected chi connectivity index (χ1v) is 2.43. The standard InChI is InChI=1S/C6H7NO.HI/c1-7-4-2-6(8)3-5-7;/h2-5H,1H3;1H. The summed E-state index contributed by atoms with van der Waals surface area (Å²) in [4.78, 5) is 0. The number of nitrogens with zero attached hydrogens (tertiary/aromatic N) is 1. The lowest BCUT2D eigenvalue weighted by Gasteiger charge is -1.84. The number of aromatic nitrogens is 1. The van der Waals surface area contributed by atoms with Gasteiger partial charge in [0.1, 0.15) is 12.8 Å². The fourth-order valence-corrected chi connectivity index (χ4v) is 0.493. The molecule has 0 atom stereocenters. The molecule has 0 aliphatic carbocycles. The Balaban J connectivity index is 0.000000640. The Kier molecular flexibility index (Phi) is 3.53. The molecule has 1 N–H and O–H groups in total. The van der Waals surface area contributed by atoms with Crippen LogP contribution in [0.5, 0.6) is 5.75 Å². The van der Waals surface area contributed by atoms with Crippen LogP contribution in [0.3, 0.4) is 0 Å². The third-order valence-electron chi connectivity index (χ3n) is 0.961. The highest BCUT2D eigenvalue weighted by Crippen LogP contribution is 1.99. The van der Waals surface area contributed by atoms with E-state index in [4.69, 9.17) is 5.11 Å². The molecule has 0 saturated heterocycles. The van der Waals surface area contributed by atoms with Gasteiger partial charge in [-0.2, -0.15) is 0 Å². The molecule has 3 heteroatoms. The molecular formula is C6H8INO. The monoisotopic (exact) mass is 237 g/mol. The SMILES string of the molecule is C[n+]1ccc(O)cc1.[I-]. The molecule has 0 bridgehead atoms. The second-order valence-electron chi connectivity index (χ2n) is 1.72. The van der Waals surface area contributed by atoms with Gasteiger partial charge in [-0.25, -0.2) is 4.57 Å². The summed E-state index contributed by atoms with van der Waals surface area (Å²) in [6, 6.07) is 3.28. The molecule has 50 valence electrons. The van der Waals surface area contributed by atoms with Crippen molar-refractivity contribution in [3.8, 4) is 5.75 Å². The molecule has 1 heterocycles. The van der Waals surface area contributed by atoms with E-state index in [1.54, 1.807) is 24.5 Å². The van der Waals surface area contributed by atoms with Gasteiger partial charge in [-0.05, 0) is 0 Å². The van der Waals surface area contributed by atoms with E-state index in [1.165, 1.54) is 0 Å². The van der Waals surface area contributed by atoms with Crippen molar-refractivity contribution >= 4 is 0 Å². The molecule has 1 aromatic heterocycles. The van der Waals surface area contributed by atoms with E-state index in [0.717, 1.165) is 0 Å². The lowest BCUT2D eigenvalue weighted by atomic mass is 10.4. The molecule has 0 radical (unpaired) electrons. The van der Waals surface area contributed by atoms with Crippen LogP contribution in [0, 0.1) is 0 Å². The van der Waals surface area contributed by atoms with Gasteiger partial charge >= 0.3 is 0 Å². The van der Waals surface area contributed by atoms with Gasteiger partial charge in [-0.3, -0.25) is 0 Å². The smallest absolute Gasteiger partial charge is 0.172 e.